The average Bonchev–Trinajstić information content (AvgIpc) is 3.29. The van der Waals surface area contributed by atoms with Gasteiger partial charge in [0.2, 0.25) is 5.95 Å². The Kier molecular flexibility index (Phi) is 7.52. The van der Waals surface area contributed by atoms with Crippen LogP contribution in [-0.4, -0.2) is 55.9 Å². The molecule has 4 aromatic rings. The number of likely N-dealkylation sites (tertiary alicyclic amines) is 1. The van der Waals surface area contributed by atoms with E-state index in [2.05, 4.69) is 42.6 Å². The summed E-state index contributed by atoms with van der Waals surface area (Å²) in [5.74, 6) is 3.29. The monoisotopic (exact) mass is 518 g/mol. The lowest BCUT2D eigenvalue weighted by Gasteiger charge is -2.29. The van der Waals surface area contributed by atoms with Crippen molar-refractivity contribution in [1.82, 2.24) is 29.6 Å². The molecule has 0 saturated carbocycles. The maximum atomic E-state index is 6.45. The van der Waals surface area contributed by atoms with Gasteiger partial charge in [-0.25, -0.2) is 9.97 Å². The standard InChI is InChI=1S/C27H31ClN8O/c1-4-36-18(2)30-25(34-36)22-7-5-6-8-24(22)32-26-23(28)17-29-27(33-26)31-19-9-11-20(12-10-19)37-21-13-15-35(3)16-14-21/h5-12,17,21H,4,13-16H2,1-3H3,(H2,29,31,32,33). The summed E-state index contributed by atoms with van der Waals surface area (Å²) < 4.78 is 8.02. The second kappa shape index (κ2) is 11.1. The van der Waals surface area contributed by atoms with Crippen LogP contribution in [-0.2, 0) is 6.54 Å². The largest absolute Gasteiger partial charge is 0.490 e. The summed E-state index contributed by atoms with van der Waals surface area (Å²) >= 11 is 6.45. The quantitative estimate of drug-likeness (QED) is 0.308. The maximum absolute atomic E-state index is 6.45. The fourth-order valence-corrected chi connectivity index (χ4v) is 4.44. The number of halogens is 1. The number of rotatable bonds is 8. The molecule has 5 rings (SSSR count). The fourth-order valence-electron chi connectivity index (χ4n) is 4.30. The summed E-state index contributed by atoms with van der Waals surface area (Å²) in [4.78, 5) is 15.9. The zero-order valence-corrected chi connectivity index (χ0v) is 22.0. The summed E-state index contributed by atoms with van der Waals surface area (Å²) in [5, 5.41) is 11.6. The van der Waals surface area contributed by atoms with Gasteiger partial charge < -0.3 is 20.3 Å². The SMILES string of the molecule is CCn1nc(-c2ccccc2Nc2nc(Nc3ccc(OC4CCN(C)CC4)cc3)ncc2Cl)nc1C. The van der Waals surface area contributed by atoms with E-state index in [1.807, 2.05) is 67.1 Å². The van der Waals surface area contributed by atoms with Crippen LogP contribution in [0.4, 0.5) is 23.1 Å². The molecule has 0 unspecified atom stereocenters. The Morgan fingerprint density at radius 2 is 1.78 bits per heavy atom. The lowest BCUT2D eigenvalue weighted by atomic mass is 10.1. The lowest BCUT2D eigenvalue weighted by Crippen LogP contribution is -2.35. The lowest BCUT2D eigenvalue weighted by molar-refractivity contribution is 0.114. The molecule has 2 N–H and O–H groups in total. The maximum Gasteiger partial charge on any atom is 0.229 e. The summed E-state index contributed by atoms with van der Waals surface area (Å²) in [5.41, 5.74) is 2.52. The van der Waals surface area contributed by atoms with E-state index in [9.17, 15) is 0 Å². The van der Waals surface area contributed by atoms with Gasteiger partial charge in [0.1, 0.15) is 22.7 Å². The van der Waals surface area contributed by atoms with E-state index in [4.69, 9.17) is 16.3 Å². The van der Waals surface area contributed by atoms with Crippen molar-refractivity contribution < 1.29 is 4.74 Å². The molecule has 2 aromatic heterocycles. The number of anilines is 4. The molecule has 1 aliphatic heterocycles. The first kappa shape index (κ1) is 25.0. The van der Waals surface area contributed by atoms with Crippen molar-refractivity contribution in [3.63, 3.8) is 0 Å². The van der Waals surface area contributed by atoms with Crippen molar-refractivity contribution in [3.8, 4) is 17.1 Å². The first-order valence-electron chi connectivity index (χ1n) is 12.5. The Morgan fingerprint density at radius 3 is 2.51 bits per heavy atom. The molecule has 10 heteroatoms. The molecule has 3 heterocycles. The molecule has 1 saturated heterocycles. The first-order valence-corrected chi connectivity index (χ1v) is 12.9. The number of benzene rings is 2. The fraction of sp³-hybridized carbons (Fsp3) is 0.333. The van der Waals surface area contributed by atoms with Gasteiger partial charge in [-0.3, -0.25) is 4.68 Å². The number of nitrogens with zero attached hydrogens (tertiary/aromatic N) is 6. The van der Waals surface area contributed by atoms with Gasteiger partial charge >= 0.3 is 0 Å². The van der Waals surface area contributed by atoms with Crippen LogP contribution in [0.5, 0.6) is 5.75 Å². The predicted molar refractivity (Wildman–Crippen MR) is 147 cm³/mol. The van der Waals surface area contributed by atoms with Crippen LogP contribution in [0.3, 0.4) is 0 Å². The molecule has 9 nitrogen and oxygen atoms in total. The molecule has 0 aliphatic carbocycles. The van der Waals surface area contributed by atoms with E-state index in [0.717, 1.165) is 61.0 Å². The molecule has 192 valence electrons. The predicted octanol–water partition coefficient (Wildman–Crippen LogP) is 5.68. The van der Waals surface area contributed by atoms with Gasteiger partial charge in [0.25, 0.3) is 0 Å². The van der Waals surface area contributed by atoms with E-state index in [0.29, 0.717) is 22.6 Å². The molecule has 1 aliphatic rings. The van der Waals surface area contributed by atoms with Gasteiger partial charge in [0.15, 0.2) is 11.6 Å². The molecule has 0 amide bonds. The molecule has 1 fully saturated rings. The highest BCUT2D eigenvalue weighted by molar-refractivity contribution is 6.33. The zero-order chi connectivity index (χ0) is 25.8. The Hall–Kier alpha value is -3.69. The number of para-hydroxylation sites is 1. The molecule has 0 atom stereocenters. The van der Waals surface area contributed by atoms with Crippen molar-refractivity contribution in [2.75, 3.05) is 30.8 Å². The topological polar surface area (TPSA) is 93.0 Å². The van der Waals surface area contributed by atoms with E-state index in [1.165, 1.54) is 0 Å². The van der Waals surface area contributed by atoms with Crippen LogP contribution in [0.15, 0.2) is 54.7 Å². The number of ether oxygens (including phenoxy) is 1. The third-order valence-corrected chi connectivity index (χ3v) is 6.68. The minimum atomic E-state index is 0.265. The number of aryl methyl sites for hydroxylation is 2. The Morgan fingerprint density at radius 1 is 1.03 bits per heavy atom. The number of aromatic nitrogens is 5. The van der Waals surface area contributed by atoms with E-state index >= 15 is 0 Å². The number of hydrogen-bond acceptors (Lipinski definition) is 8. The molecular weight excluding hydrogens is 488 g/mol. The third-order valence-electron chi connectivity index (χ3n) is 6.40. The van der Waals surface area contributed by atoms with Crippen molar-refractivity contribution in [2.24, 2.45) is 0 Å². The minimum absolute atomic E-state index is 0.265. The van der Waals surface area contributed by atoms with Crippen molar-refractivity contribution in [1.29, 1.82) is 0 Å². The highest BCUT2D eigenvalue weighted by atomic mass is 35.5. The number of nitrogens with one attached hydrogen (secondary N) is 2. The van der Waals surface area contributed by atoms with Crippen LogP contribution < -0.4 is 15.4 Å². The van der Waals surface area contributed by atoms with Crippen LogP contribution >= 0.6 is 11.6 Å². The van der Waals surface area contributed by atoms with Crippen LogP contribution in [0, 0.1) is 6.92 Å². The second-order valence-electron chi connectivity index (χ2n) is 9.13. The van der Waals surface area contributed by atoms with Gasteiger partial charge in [-0.1, -0.05) is 23.7 Å². The van der Waals surface area contributed by atoms with E-state index in [-0.39, 0.29) is 6.10 Å². The van der Waals surface area contributed by atoms with Gasteiger partial charge in [-0.2, -0.15) is 10.1 Å². The third kappa shape index (κ3) is 6.00. The Bertz CT molecular complexity index is 1350. The van der Waals surface area contributed by atoms with Crippen LogP contribution in [0.2, 0.25) is 5.02 Å². The first-order chi connectivity index (χ1) is 18.0. The van der Waals surface area contributed by atoms with E-state index < -0.39 is 0 Å². The smallest absolute Gasteiger partial charge is 0.229 e. The minimum Gasteiger partial charge on any atom is -0.490 e. The van der Waals surface area contributed by atoms with E-state index in [1.54, 1.807) is 6.20 Å². The summed E-state index contributed by atoms with van der Waals surface area (Å²) in [6.45, 7) is 6.88. The molecule has 0 spiro atoms. The van der Waals surface area contributed by atoms with Gasteiger partial charge in [0, 0.05) is 30.9 Å². The van der Waals surface area contributed by atoms with Gasteiger partial charge in [-0.15, -0.1) is 0 Å². The normalized spacial score (nSPS) is 14.5. The van der Waals surface area contributed by atoms with Gasteiger partial charge in [-0.05, 0) is 70.1 Å². The Labute approximate surface area is 221 Å². The average molecular weight is 519 g/mol. The second-order valence-corrected chi connectivity index (χ2v) is 9.54. The number of piperidine rings is 1. The molecule has 37 heavy (non-hydrogen) atoms. The van der Waals surface area contributed by atoms with Crippen molar-refractivity contribution in [3.05, 3.63) is 65.6 Å². The Balaban J connectivity index is 1.29. The summed E-state index contributed by atoms with van der Waals surface area (Å²) in [7, 11) is 2.15. The summed E-state index contributed by atoms with van der Waals surface area (Å²) in [6.07, 6.45) is 3.93. The highest BCUT2D eigenvalue weighted by Crippen LogP contribution is 2.31. The molecule has 0 radical (unpaired) electrons. The summed E-state index contributed by atoms with van der Waals surface area (Å²) in [6, 6.07) is 15.7. The zero-order valence-electron chi connectivity index (χ0n) is 21.3. The molecule has 2 aromatic carbocycles. The molecular formula is C27H31ClN8O. The highest BCUT2D eigenvalue weighted by Gasteiger charge is 2.18. The van der Waals surface area contributed by atoms with Gasteiger partial charge in [0.05, 0.1) is 11.9 Å². The van der Waals surface area contributed by atoms with Crippen LogP contribution in [0.25, 0.3) is 11.4 Å². The molecule has 0 bridgehead atoms. The number of hydrogen-bond donors (Lipinski definition) is 2. The van der Waals surface area contributed by atoms with Crippen molar-refractivity contribution >= 4 is 34.7 Å². The van der Waals surface area contributed by atoms with Crippen molar-refractivity contribution in [2.45, 2.75) is 39.3 Å². The van der Waals surface area contributed by atoms with Crippen LogP contribution in [0.1, 0.15) is 25.6 Å².